The molecule has 0 bridgehead atoms. The smallest absolute Gasteiger partial charge is 0.308 e. The quantitative estimate of drug-likeness (QED) is 0.576. The number of hydrogen-bond donors (Lipinski definition) is 3. The number of hydrogen-bond acceptors (Lipinski definition) is 3. The Labute approximate surface area is 83.7 Å². The van der Waals surface area contributed by atoms with E-state index in [4.69, 9.17) is 10.8 Å². The minimum atomic E-state index is -0.927. The van der Waals surface area contributed by atoms with Crippen LogP contribution in [-0.4, -0.2) is 29.6 Å². The third kappa shape index (κ3) is 4.23. The molecule has 0 radical (unpaired) electrons. The van der Waals surface area contributed by atoms with Crippen molar-refractivity contribution in [2.75, 3.05) is 6.54 Å². The summed E-state index contributed by atoms with van der Waals surface area (Å²) in [5.41, 5.74) is 5.56. The fraction of sp³-hybridized carbons (Fsp3) is 0.778. The van der Waals surface area contributed by atoms with E-state index in [9.17, 15) is 9.59 Å². The lowest BCUT2D eigenvalue weighted by molar-refractivity contribution is -0.141. The Balaban J connectivity index is 3.91. The van der Waals surface area contributed by atoms with Crippen molar-refractivity contribution in [3.63, 3.8) is 0 Å². The van der Waals surface area contributed by atoms with Crippen LogP contribution in [0.4, 0.5) is 0 Å². The maximum atomic E-state index is 11.3. The predicted octanol–water partition coefficient (Wildman–Crippen LogP) is -0.193. The van der Waals surface area contributed by atoms with Crippen LogP contribution < -0.4 is 11.1 Å². The molecule has 82 valence electrons. The molecule has 0 saturated carbocycles. The second kappa shape index (κ2) is 5.59. The molecule has 1 amide bonds. The molecule has 0 heterocycles. The molecule has 0 fully saturated rings. The van der Waals surface area contributed by atoms with Gasteiger partial charge in [0.05, 0.1) is 12.0 Å². The van der Waals surface area contributed by atoms with Crippen LogP contribution in [0, 0.1) is 11.8 Å². The molecule has 0 saturated heterocycles. The first-order valence-corrected chi connectivity index (χ1v) is 4.62. The fourth-order valence-electron chi connectivity index (χ4n) is 0.762. The van der Waals surface area contributed by atoms with Crippen molar-refractivity contribution in [2.45, 2.75) is 26.8 Å². The molecule has 0 aliphatic carbocycles. The Hall–Kier alpha value is -1.10. The molecule has 0 aromatic rings. The molecule has 5 heteroatoms. The second-order valence-corrected chi connectivity index (χ2v) is 3.75. The molecular formula is C9H18N2O3. The van der Waals surface area contributed by atoms with E-state index < -0.39 is 17.9 Å². The van der Waals surface area contributed by atoms with Gasteiger partial charge in [0.15, 0.2) is 0 Å². The van der Waals surface area contributed by atoms with Crippen molar-refractivity contribution in [3.8, 4) is 0 Å². The molecule has 0 aromatic heterocycles. The first-order valence-electron chi connectivity index (χ1n) is 4.62. The summed E-state index contributed by atoms with van der Waals surface area (Å²) in [6.07, 6.45) is 0. The number of carbonyl (C=O) groups excluding carboxylic acids is 1. The van der Waals surface area contributed by atoms with E-state index >= 15 is 0 Å². The van der Waals surface area contributed by atoms with E-state index in [1.54, 1.807) is 0 Å². The van der Waals surface area contributed by atoms with Crippen LogP contribution >= 0.6 is 0 Å². The van der Waals surface area contributed by atoms with Gasteiger partial charge in [-0.25, -0.2) is 0 Å². The van der Waals surface area contributed by atoms with Crippen LogP contribution in [0.1, 0.15) is 20.8 Å². The molecule has 4 N–H and O–H groups in total. The number of carboxylic acids is 1. The number of nitrogens with one attached hydrogen (secondary N) is 1. The average Bonchev–Trinajstić information content (AvgIpc) is 2.11. The van der Waals surface area contributed by atoms with Gasteiger partial charge in [-0.2, -0.15) is 0 Å². The van der Waals surface area contributed by atoms with Crippen molar-refractivity contribution in [1.82, 2.24) is 5.32 Å². The van der Waals surface area contributed by atoms with Gasteiger partial charge in [-0.1, -0.05) is 20.8 Å². The topological polar surface area (TPSA) is 92.4 Å². The van der Waals surface area contributed by atoms with Gasteiger partial charge in [0.2, 0.25) is 5.91 Å². The highest BCUT2D eigenvalue weighted by Gasteiger charge is 2.18. The summed E-state index contributed by atoms with van der Waals surface area (Å²) in [5.74, 6) is -1.76. The van der Waals surface area contributed by atoms with Gasteiger partial charge in [-0.3, -0.25) is 9.59 Å². The lowest BCUT2D eigenvalue weighted by Gasteiger charge is -2.16. The van der Waals surface area contributed by atoms with Gasteiger partial charge in [-0.15, -0.1) is 0 Å². The number of aliphatic carboxylic acids is 1. The van der Waals surface area contributed by atoms with E-state index in [0.717, 1.165) is 0 Å². The summed E-state index contributed by atoms with van der Waals surface area (Å²) >= 11 is 0. The van der Waals surface area contributed by atoms with E-state index in [1.165, 1.54) is 6.92 Å². The van der Waals surface area contributed by atoms with Crippen LogP contribution in [0.5, 0.6) is 0 Å². The molecule has 2 atom stereocenters. The van der Waals surface area contributed by atoms with Crippen LogP contribution in [0.3, 0.4) is 0 Å². The van der Waals surface area contributed by atoms with Crippen LogP contribution in [0.25, 0.3) is 0 Å². The SMILES string of the molecule is CC(CNC(=O)[C@@H](N)C(C)C)C(=O)O. The second-order valence-electron chi connectivity index (χ2n) is 3.75. The van der Waals surface area contributed by atoms with Crippen molar-refractivity contribution in [2.24, 2.45) is 17.6 Å². The normalized spacial score (nSPS) is 14.9. The Bertz CT molecular complexity index is 216. The highest BCUT2D eigenvalue weighted by molar-refractivity contribution is 5.82. The number of carbonyl (C=O) groups is 2. The zero-order valence-corrected chi connectivity index (χ0v) is 8.78. The van der Waals surface area contributed by atoms with Crippen LogP contribution in [-0.2, 0) is 9.59 Å². The summed E-state index contributed by atoms with van der Waals surface area (Å²) in [5, 5.41) is 11.1. The van der Waals surface area contributed by atoms with E-state index in [-0.39, 0.29) is 18.4 Å². The molecule has 0 aliphatic heterocycles. The number of rotatable bonds is 5. The molecular weight excluding hydrogens is 184 g/mol. The summed E-state index contributed by atoms with van der Waals surface area (Å²) < 4.78 is 0. The molecule has 1 unspecified atom stereocenters. The van der Waals surface area contributed by atoms with Crippen molar-refractivity contribution in [3.05, 3.63) is 0 Å². The molecule has 0 spiro atoms. The monoisotopic (exact) mass is 202 g/mol. The third-order valence-corrected chi connectivity index (χ3v) is 2.03. The maximum Gasteiger partial charge on any atom is 0.308 e. The largest absolute Gasteiger partial charge is 0.481 e. The van der Waals surface area contributed by atoms with Crippen LogP contribution in [0.15, 0.2) is 0 Å². The van der Waals surface area contributed by atoms with Gasteiger partial charge in [0.1, 0.15) is 0 Å². The average molecular weight is 202 g/mol. The highest BCUT2D eigenvalue weighted by Crippen LogP contribution is 1.98. The Kier molecular flexibility index (Phi) is 5.15. The van der Waals surface area contributed by atoms with Crippen LogP contribution in [0.2, 0.25) is 0 Å². The number of amides is 1. The molecule has 0 aromatic carbocycles. The standard InChI is InChI=1S/C9H18N2O3/c1-5(2)7(10)8(12)11-4-6(3)9(13)14/h5-7H,4,10H2,1-3H3,(H,11,12)(H,13,14)/t6?,7-/m0/s1. The first-order chi connectivity index (χ1) is 6.36. The van der Waals surface area contributed by atoms with E-state index in [2.05, 4.69) is 5.32 Å². The van der Waals surface area contributed by atoms with Crippen molar-refractivity contribution < 1.29 is 14.7 Å². The Morgan fingerprint density at radius 1 is 1.36 bits per heavy atom. The summed E-state index contributed by atoms with van der Waals surface area (Å²) in [6.45, 7) is 5.33. The summed E-state index contributed by atoms with van der Waals surface area (Å²) in [4.78, 5) is 21.7. The van der Waals surface area contributed by atoms with Crippen molar-refractivity contribution >= 4 is 11.9 Å². The minimum absolute atomic E-state index is 0.0511. The molecule has 5 nitrogen and oxygen atoms in total. The molecule has 0 aliphatic rings. The van der Waals surface area contributed by atoms with Gasteiger partial charge in [0, 0.05) is 6.54 Å². The third-order valence-electron chi connectivity index (χ3n) is 2.03. The van der Waals surface area contributed by atoms with Gasteiger partial charge < -0.3 is 16.2 Å². The number of nitrogens with two attached hydrogens (primary N) is 1. The van der Waals surface area contributed by atoms with Gasteiger partial charge in [-0.05, 0) is 5.92 Å². The number of carboxylic acid groups (broad SMARTS) is 1. The van der Waals surface area contributed by atoms with E-state index in [1.807, 2.05) is 13.8 Å². The van der Waals surface area contributed by atoms with Gasteiger partial charge in [0.25, 0.3) is 0 Å². The predicted molar refractivity (Wildman–Crippen MR) is 52.6 cm³/mol. The van der Waals surface area contributed by atoms with Crippen molar-refractivity contribution in [1.29, 1.82) is 0 Å². The Morgan fingerprint density at radius 2 is 1.86 bits per heavy atom. The summed E-state index contributed by atoms with van der Waals surface area (Å²) in [6, 6.07) is -0.573. The minimum Gasteiger partial charge on any atom is -0.481 e. The molecule has 0 rings (SSSR count). The van der Waals surface area contributed by atoms with Gasteiger partial charge >= 0.3 is 5.97 Å². The van der Waals surface area contributed by atoms with E-state index in [0.29, 0.717) is 0 Å². The zero-order valence-electron chi connectivity index (χ0n) is 8.78. The lowest BCUT2D eigenvalue weighted by Crippen LogP contribution is -2.45. The summed E-state index contributed by atoms with van der Waals surface area (Å²) in [7, 11) is 0. The fourth-order valence-corrected chi connectivity index (χ4v) is 0.762. The molecule has 14 heavy (non-hydrogen) atoms. The zero-order chi connectivity index (χ0) is 11.3. The Morgan fingerprint density at radius 3 is 2.21 bits per heavy atom. The maximum absolute atomic E-state index is 11.3. The highest BCUT2D eigenvalue weighted by atomic mass is 16.4. The lowest BCUT2D eigenvalue weighted by atomic mass is 10.0. The first kappa shape index (κ1) is 12.9.